The highest BCUT2D eigenvalue weighted by Gasteiger charge is 2.23. The zero-order chi connectivity index (χ0) is 17.9. The quantitative estimate of drug-likeness (QED) is 0.831. The number of hydrogen-bond acceptors (Lipinski definition) is 3. The monoisotopic (exact) mass is 351 g/mol. The molecule has 0 saturated carbocycles. The number of ether oxygens (including phenoxy) is 2. The molecule has 1 fully saturated rings. The van der Waals surface area contributed by atoms with E-state index in [4.69, 9.17) is 9.47 Å². The van der Waals surface area contributed by atoms with Crippen LogP contribution in [-0.4, -0.2) is 31.8 Å². The van der Waals surface area contributed by atoms with Gasteiger partial charge in [0.1, 0.15) is 12.4 Å². The minimum absolute atomic E-state index is 0.0560. The van der Waals surface area contributed by atoms with Gasteiger partial charge in [-0.05, 0) is 68.5 Å². The lowest BCUT2D eigenvalue weighted by atomic mass is 9.99. The molecule has 2 heterocycles. The topological polar surface area (TPSA) is 38.8 Å². The second kappa shape index (κ2) is 7.50. The SMILES string of the molecule is Cc1ccc2c(c1)CCCN2C(=O)c1ccc(OCC2CCCO2)cc1. The molecule has 1 atom stereocenters. The molecule has 1 unspecified atom stereocenters. The highest BCUT2D eigenvalue weighted by molar-refractivity contribution is 6.06. The van der Waals surface area contributed by atoms with Crippen LogP contribution in [0.5, 0.6) is 5.75 Å². The number of carbonyl (C=O) groups is 1. The smallest absolute Gasteiger partial charge is 0.258 e. The Bertz CT molecular complexity index is 778. The summed E-state index contributed by atoms with van der Waals surface area (Å²) in [5.74, 6) is 0.840. The summed E-state index contributed by atoms with van der Waals surface area (Å²) in [5, 5.41) is 0. The van der Waals surface area contributed by atoms with Gasteiger partial charge in [0.2, 0.25) is 0 Å². The Morgan fingerprint density at radius 1 is 1.19 bits per heavy atom. The largest absolute Gasteiger partial charge is 0.491 e. The maximum Gasteiger partial charge on any atom is 0.258 e. The summed E-state index contributed by atoms with van der Waals surface area (Å²) in [7, 11) is 0. The van der Waals surface area contributed by atoms with Crippen molar-refractivity contribution in [2.75, 3.05) is 24.7 Å². The number of nitrogens with zero attached hydrogens (tertiary/aromatic N) is 1. The van der Waals surface area contributed by atoms with E-state index in [2.05, 4.69) is 25.1 Å². The number of aryl methyl sites for hydroxylation is 2. The molecule has 1 amide bonds. The minimum atomic E-state index is 0.0560. The summed E-state index contributed by atoms with van der Waals surface area (Å²) < 4.78 is 11.4. The standard InChI is InChI=1S/C22H25NO3/c1-16-6-11-21-18(14-16)4-2-12-23(21)22(24)17-7-9-19(10-8-17)26-15-20-5-3-13-25-20/h6-11,14,20H,2-5,12-13,15H2,1H3. The van der Waals surface area contributed by atoms with Crippen LogP contribution in [0.15, 0.2) is 42.5 Å². The molecular formula is C22H25NO3. The molecule has 0 N–H and O–H groups in total. The second-order valence-electron chi connectivity index (χ2n) is 7.16. The van der Waals surface area contributed by atoms with E-state index >= 15 is 0 Å². The fourth-order valence-corrected chi connectivity index (χ4v) is 3.75. The molecule has 1 saturated heterocycles. The molecule has 4 rings (SSSR count). The van der Waals surface area contributed by atoms with Crippen LogP contribution in [0.1, 0.15) is 40.7 Å². The summed E-state index contributed by atoms with van der Waals surface area (Å²) in [6.07, 6.45) is 4.41. The maximum absolute atomic E-state index is 13.0. The number of anilines is 1. The van der Waals surface area contributed by atoms with Crippen LogP contribution in [0, 0.1) is 6.92 Å². The van der Waals surface area contributed by atoms with Crippen LogP contribution >= 0.6 is 0 Å². The third-order valence-electron chi connectivity index (χ3n) is 5.16. The van der Waals surface area contributed by atoms with Crippen molar-refractivity contribution in [2.24, 2.45) is 0 Å². The lowest BCUT2D eigenvalue weighted by Crippen LogP contribution is -2.35. The first-order valence-corrected chi connectivity index (χ1v) is 9.46. The van der Waals surface area contributed by atoms with Crippen molar-refractivity contribution in [1.29, 1.82) is 0 Å². The van der Waals surface area contributed by atoms with E-state index in [-0.39, 0.29) is 12.0 Å². The third kappa shape index (κ3) is 3.61. The normalized spacial score (nSPS) is 19.3. The van der Waals surface area contributed by atoms with E-state index in [9.17, 15) is 4.79 Å². The third-order valence-corrected chi connectivity index (χ3v) is 5.16. The molecule has 0 spiro atoms. The fourth-order valence-electron chi connectivity index (χ4n) is 3.75. The molecule has 0 radical (unpaired) electrons. The van der Waals surface area contributed by atoms with Crippen molar-refractivity contribution < 1.29 is 14.3 Å². The molecule has 2 aliphatic heterocycles. The van der Waals surface area contributed by atoms with Crippen molar-refractivity contribution in [1.82, 2.24) is 0 Å². The summed E-state index contributed by atoms with van der Waals surface area (Å²) >= 11 is 0. The fraction of sp³-hybridized carbons (Fsp3) is 0.409. The van der Waals surface area contributed by atoms with E-state index in [1.54, 1.807) is 0 Å². The maximum atomic E-state index is 13.0. The number of fused-ring (bicyclic) bond motifs is 1. The Hall–Kier alpha value is -2.33. The highest BCUT2D eigenvalue weighted by atomic mass is 16.5. The number of carbonyl (C=O) groups excluding carboxylic acids is 1. The lowest BCUT2D eigenvalue weighted by Gasteiger charge is -2.30. The van der Waals surface area contributed by atoms with Gasteiger partial charge in [-0.15, -0.1) is 0 Å². The molecule has 0 bridgehead atoms. The molecule has 0 aromatic heterocycles. The van der Waals surface area contributed by atoms with Crippen molar-refractivity contribution in [3.8, 4) is 5.75 Å². The minimum Gasteiger partial charge on any atom is -0.491 e. The van der Waals surface area contributed by atoms with Gasteiger partial charge in [0.05, 0.1) is 6.10 Å². The summed E-state index contributed by atoms with van der Waals surface area (Å²) in [6.45, 7) is 4.27. The summed E-state index contributed by atoms with van der Waals surface area (Å²) in [4.78, 5) is 14.9. The molecule has 4 nitrogen and oxygen atoms in total. The first-order chi connectivity index (χ1) is 12.7. The van der Waals surface area contributed by atoms with Crippen LogP contribution in [0.3, 0.4) is 0 Å². The average Bonchev–Trinajstić information content (AvgIpc) is 3.19. The predicted octanol–water partition coefficient (Wildman–Crippen LogP) is 4.15. The van der Waals surface area contributed by atoms with Crippen molar-refractivity contribution in [3.63, 3.8) is 0 Å². The van der Waals surface area contributed by atoms with Crippen LogP contribution in [0.4, 0.5) is 5.69 Å². The van der Waals surface area contributed by atoms with Gasteiger partial charge in [0.15, 0.2) is 0 Å². The van der Waals surface area contributed by atoms with Crippen molar-refractivity contribution >= 4 is 11.6 Å². The van der Waals surface area contributed by atoms with Gasteiger partial charge < -0.3 is 14.4 Å². The van der Waals surface area contributed by atoms with E-state index in [1.165, 1.54) is 11.1 Å². The zero-order valence-electron chi connectivity index (χ0n) is 15.2. The Balaban J connectivity index is 1.45. The average molecular weight is 351 g/mol. The molecule has 136 valence electrons. The van der Waals surface area contributed by atoms with Gasteiger partial charge in [0.25, 0.3) is 5.91 Å². The summed E-state index contributed by atoms with van der Waals surface area (Å²) in [6, 6.07) is 13.8. The Kier molecular flexibility index (Phi) is 4.93. The van der Waals surface area contributed by atoms with Crippen LogP contribution < -0.4 is 9.64 Å². The van der Waals surface area contributed by atoms with E-state index < -0.39 is 0 Å². The molecule has 2 aromatic rings. The molecule has 2 aliphatic rings. The highest BCUT2D eigenvalue weighted by Crippen LogP contribution is 2.29. The second-order valence-corrected chi connectivity index (χ2v) is 7.16. The molecule has 26 heavy (non-hydrogen) atoms. The molecule has 0 aliphatic carbocycles. The van der Waals surface area contributed by atoms with E-state index in [1.807, 2.05) is 29.2 Å². The van der Waals surface area contributed by atoms with Crippen LogP contribution in [-0.2, 0) is 11.2 Å². The van der Waals surface area contributed by atoms with E-state index in [0.717, 1.165) is 50.3 Å². The summed E-state index contributed by atoms with van der Waals surface area (Å²) in [5.41, 5.74) is 4.25. The van der Waals surface area contributed by atoms with Gasteiger partial charge in [-0.1, -0.05) is 17.7 Å². The first-order valence-electron chi connectivity index (χ1n) is 9.46. The van der Waals surface area contributed by atoms with Crippen LogP contribution in [0.2, 0.25) is 0 Å². The molecule has 2 aromatic carbocycles. The molecule has 4 heteroatoms. The molecular weight excluding hydrogens is 326 g/mol. The van der Waals surface area contributed by atoms with Gasteiger partial charge in [0, 0.05) is 24.4 Å². The van der Waals surface area contributed by atoms with Gasteiger partial charge in [-0.25, -0.2) is 0 Å². The Morgan fingerprint density at radius 3 is 2.81 bits per heavy atom. The first kappa shape index (κ1) is 17.1. The number of benzene rings is 2. The lowest BCUT2D eigenvalue weighted by molar-refractivity contribution is 0.0679. The van der Waals surface area contributed by atoms with Gasteiger partial charge >= 0.3 is 0 Å². The van der Waals surface area contributed by atoms with Gasteiger partial charge in [-0.3, -0.25) is 4.79 Å². The van der Waals surface area contributed by atoms with Crippen molar-refractivity contribution in [3.05, 3.63) is 59.2 Å². The van der Waals surface area contributed by atoms with Crippen molar-refractivity contribution in [2.45, 2.75) is 38.7 Å². The number of amides is 1. The number of hydrogen-bond donors (Lipinski definition) is 0. The van der Waals surface area contributed by atoms with E-state index in [0.29, 0.717) is 12.2 Å². The van der Waals surface area contributed by atoms with Crippen LogP contribution in [0.25, 0.3) is 0 Å². The van der Waals surface area contributed by atoms with Gasteiger partial charge in [-0.2, -0.15) is 0 Å². The predicted molar refractivity (Wildman–Crippen MR) is 102 cm³/mol. The Labute approximate surface area is 154 Å². The zero-order valence-corrected chi connectivity index (χ0v) is 15.2. The Morgan fingerprint density at radius 2 is 2.04 bits per heavy atom. The number of rotatable bonds is 4.